The largest absolute Gasteiger partial charge is 0.573 e. The summed E-state index contributed by atoms with van der Waals surface area (Å²) in [6.45, 7) is -0.473. The molecule has 0 aliphatic carbocycles. The Balaban J connectivity index is 3.31. The van der Waals surface area contributed by atoms with Gasteiger partial charge in [0.1, 0.15) is 3.70 Å². The number of nitrogens with two attached hydrogens (primary N) is 1. The summed E-state index contributed by atoms with van der Waals surface area (Å²) >= 11 is 1.27. The minimum absolute atomic E-state index is 0.241. The molecule has 1 rings (SSSR count). The number of alkyl halides is 6. The summed E-state index contributed by atoms with van der Waals surface area (Å²) in [5, 5.41) is 0. The van der Waals surface area contributed by atoms with Crippen molar-refractivity contribution in [2.75, 3.05) is 0 Å². The lowest BCUT2D eigenvalue weighted by Gasteiger charge is -2.15. The molecule has 0 aromatic carbocycles. The van der Waals surface area contributed by atoms with Gasteiger partial charge < -0.3 is 10.5 Å². The standard InChI is InChI=1S/C8H5F6IN2O/c9-7(10,11)3-1-5(18-8(12,13)14)4(2-16)17-6(3)15/h1H,2,16H2. The smallest absolute Gasteiger partial charge is 0.404 e. The van der Waals surface area contributed by atoms with Crippen LogP contribution in [0.25, 0.3) is 0 Å². The van der Waals surface area contributed by atoms with Crippen LogP contribution in [-0.4, -0.2) is 11.3 Å². The zero-order valence-corrected chi connectivity index (χ0v) is 10.5. The molecule has 2 N–H and O–H groups in total. The maximum absolute atomic E-state index is 12.5. The number of aromatic nitrogens is 1. The third kappa shape index (κ3) is 3.86. The minimum atomic E-state index is -5.11. The quantitative estimate of drug-likeness (QED) is 0.483. The summed E-state index contributed by atoms with van der Waals surface area (Å²) < 4.78 is 76.5. The Labute approximate surface area is 110 Å². The molecule has 0 aliphatic heterocycles. The Morgan fingerprint density at radius 3 is 2.17 bits per heavy atom. The fourth-order valence-corrected chi connectivity index (χ4v) is 1.82. The fraction of sp³-hybridized carbons (Fsp3) is 0.375. The van der Waals surface area contributed by atoms with Crippen LogP contribution < -0.4 is 10.5 Å². The van der Waals surface area contributed by atoms with E-state index >= 15 is 0 Å². The summed E-state index contributed by atoms with van der Waals surface area (Å²) in [5.74, 6) is -1.04. The van der Waals surface area contributed by atoms with Gasteiger partial charge in [-0.3, -0.25) is 0 Å². The molecular weight excluding hydrogens is 381 g/mol. The zero-order valence-electron chi connectivity index (χ0n) is 8.36. The highest BCUT2D eigenvalue weighted by Gasteiger charge is 2.37. The molecule has 1 heterocycles. The molecule has 0 amide bonds. The molecule has 1 aromatic heterocycles. The summed E-state index contributed by atoms with van der Waals surface area (Å²) in [7, 11) is 0. The molecule has 0 atom stereocenters. The van der Waals surface area contributed by atoms with Crippen molar-refractivity contribution in [2.45, 2.75) is 19.1 Å². The van der Waals surface area contributed by atoms with Crippen molar-refractivity contribution >= 4 is 22.6 Å². The van der Waals surface area contributed by atoms with Gasteiger partial charge in [-0.2, -0.15) is 13.2 Å². The highest BCUT2D eigenvalue weighted by molar-refractivity contribution is 14.1. The van der Waals surface area contributed by atoms with E-state index in [0.717, 1.165) is 0 Å². The van der Waals surface area contributed by atoms with E-state index < -0.39 is 39.8 Å². The van der Waals surface area contributed by atoms with Crippen molar-refractivity contribution in [1.29, 1.82) is 0 Å². The molecule has 10 heteroatoms. The van der Waals surface area contributed by atoms with Gasteiger partial charge in [0.25, 0.3) is 0 Å². The van der Waals surface area contributed by atoms with E-state index in [2.05, 4.69) is 9.72 Å². The topological polar surface area (TPSA) is 48.1 Å². The van der Waals surface area contributed by atoms with Crippen molar-refractivity contribution in [2.24, 2.45) is 5.73 Å². The Morgan fingerprint density at radius 1 is 1.22 bits per heavy atom. The van der Waals surface area contributed by atoms with Crippen molar-refractivity contribution in [3.63, 3.8) is 0 Å². The van der Waals surface area contributed by atoms with E-state index in [-0.39, 0.29) is 6.07 Å². The lowest BCUT2D eigenvalue weighted by Crippen LogP contribution is -2.21. The second-order valence-corrected chi connectivity index (χ2v) is 4.04. The molecule has 0 radical (unpaired) electrons. The predicted molar refractivity (Wildman–Crippen MR) is 56.5 cm³/mol. The van der Waals surface area contributed by atoms with Gasteiger partial charge in [0.05, 0.1) is 11.3 Å². The first kappa shape index (κ1) is 15.3. The predicted octanol–water partition coefficient (Wildman–Crippen LogP) is 3.06. The van der Waals surface area contributed by atoms with Crippen LogP contribution in [0.1, 0.15) is 11.3 Å². The SMILES string of the molecule is NCc1nc(I)c(C(F)(F)F)cc1OC(F)(F)F. The number of ether oxygens (including phenoxy) is 1. The number of pyridine rings is 1. The Morgan fingerprint density at radius 2 is 1.78 bits per heavy atom. The van der Waals surface area contributed by atoms with E-state index in [1.165, 1.54) is 22.6 Å². The van der Waals surface area contributed by atoms with Crippen LogP contribution in [0, 0.1) is 3.70 Å². The van der Waals surface area contributed by atoms with E-state index in [1.807, 2.05) is 0 Å². The van der Waals surface area contributed by atoms with E-state index in [1.54, 1.807) is 0 Å². The summed E-state index contributed by atoms with van der Waals surface area (Å²) in [6.07, 6.45) is -9.93. The van der Waals surface area contributed by atoms with Gasteiger partial charge in [-0.25, -0.2) is 4.98 Å². The number of halogens is 7. The average Bonchev–Trinajstić information content (AvgIpc) is 2.16. The highest BCUT2D eigenvalue weighted by Crippen LogP contribution is 2.36. The first-order chi connectivity index (χ1) is 8.04. The molecule has 1 aromatic rings. The lowest BCUT2D eigenvalue weighted by molar-refractivity contribution is -0.275. The Hall–Kier alpha value is -0.780. The van der Waals surface area contributed by atoms with Crippen molar-refractivity contribution in [3.8, 4) is 5.75 Å². The number of nitrogens with zero attached hydrogens (tertiary/aromatic N) is 1. The zero-order chi connectivity index (χ0) is 14.1. The maximum atomic E-state index is 12.5. The van der Waals surface area contributed by atoms with Crippen LogP contribution in [0.15, 0.2) is 6.07 Å². The first-order valence-electron chi connectivity index (χ1n) is 4.27. The summed E-state index contributed by atoms with van der Waals surface area (Å²) in [6, 6.07) is 0.241. The molecule has 0 saturated heterocycles. The molecule has 0 unspecified atom stereocenters. The highest BCUT2D eigenvalue weighted by atomic mass is 127. The third-order valence-corrected chi connectivity index (χ3v) is 2.56. The number of hydrogen-bond acceptors (Lipinski definition) is 3. The fourth-order valence-electron chi connectivity index (χ4n) is 1.07. The molecule has 102 valence electrons. The number of rotatable bonds is 2. The second kappa shape index (κ2) is 5.07. The number of hydrogen-bond donors (Lipinski definition) is 1. The third-order valence-electron chi connectivity index (χ3n) is 1.74. The van der Waals surface area contributed by atoms with Crippen LogP contribution in [-0.2, 0) is 12.7 Å². The first-order valence-corrected chi connectivity index (χ1v) is 5.35. The molecule has 3 nitrogen and oxygen atoms in total. The average molecular weight is 386 g/mol. The van der Waals surface area contributed by atoms with Gasteiger partial charge in [0.2, 0.25) is 0 Å². The van der Waals surface area contributed by atoms with E-state index in [4.69, 9.17) is 5.73 Å². The Bertz CT molecular complexity index is 444. The van der Waals surface area contributed by atoms with Gasteiger partial charge in [0, 0.05) is 6.54 Å². The molecule has 0 bridgehead atoms. The summed E-state index contributed by atoms with van der Waals surface area (Å²) in [4.78, 5) is 3.36. The van der Waals surface area contributed by atoms with Crippen LogP contribution >= 0.6 is 22.6 Å². The van der Waals surface area contributed by atoms with Crippen LogP contribution in [0.4, 0.5) is 26.3 Å². The molecule has 0 spiro atoms. The van der Waals surface area contributed by atoms with Crippen LogP contribution in [0.2, 0.25) is 0 Å². The van der Waals surface area contributed by atoms with Gasteiger partial charge in [-0.05, 0) is 28.7 Å². The summed E-state index contributed by atoms with van der Waals surface area (Å²) in [5.41, 5.74) is 3.40. The second-order valence-electron chi connectivity index (χ2n) is 3.02. The van der Waals surface area contributed by atoms with Crippen molar-refractivity contribution in [3.05, 3.63) is 21.0 Å². The van der Waals surface area contributed by atoms with Gasteiger partial charge >= 0.3 is 12.5 Å². The molecule has 18 heavy (non-hydrogen) atoms. The maximum Gasteiger partial charge on any atom is 0.573 e. The molecule has 0 saturated carbocycles. The van der Waals surface area contributed by atoms with Crippen LogP contribution in [0.5, 0.6) is 5.75 Å². The van der Waals surface area contributed by atoms with Gasteiger partial charge in [-0.15, -0.1) is 13.2 Å². The molecule has 0 aliphatic rings. The van der Waals surface area contributed by atoms with Crippen LogP contribution in [0.3, 0.4) is 0 Å². The van der Waals surface area contributed by atoms with Gasteiger partial charge in [-0.1, -0.05) is 0 Å². The van der Waals surface area contributed by atoms with Crippen molar-refractivity contribution < 1.29 is 31.1 Å². The Kier molecular flexibility index (Phi) is 4.30. The molecule has 0 fully saturated rings. The van der Waals surface area contributed by atoms with Gasteiger partial charge in [0.15, 0.2) is 5.75 Å². The minimum Gasteiger partial charge on any atom is -0.404 e. The van der Waals surface area contributed by atoms with E-state index in [9.17, 15) is 26.3 Å². The normalized spacial score (nSPS) is 12.7. The lowest BCUT2D eigenvalue weighted by atomic mass is 10.2. The molecular formula is C8H5F6IN2O. The monoisotopic (exact) mass is 386 g/mol. The van der Waals surface area contributed by atoms with E-state index in [0.29, 0.717) is 0 Å². The van der Waals surface area contributed by atoms with Crippen molar-refractivity contribution in [1.82, 2.24) is 4.98 Å².